The van der Waals surface area contributed by atoms with Gasteiger partial charge in [0.2, 0.25) is 0 Å². The first kappa shape index (κ1) is 21.8. The van der Waals surface area contributed by atoms with Gasteiger partial charge in [-0.05, 0) is 43.2 Å². The summed E-state index contributed by atoms with van der Waals surface area (Å²) in [6, 6.07) is 10.9. The second kappa shape index (κ2) is 9.28. The molecule has 0 saturated carbocycles. The third-order valence-corrected chi connectivity index (χ3v) is 5.20. The fourth-order valence-corrected chi connectivity index (χ4v) is 3.62. The van der Waals surface area contributed by atoms with E-state index in [1.807, 2.05) is 0 Å². The van der Waals surface area contributed by atoms with Gasteiger partial charge in [0.15, 0.2) is 0 Å². The largest absolute Gasteiger partial charge is 0.481 e. The van der Waals surface area contributed by atoms with Gasteiger partial charge in [0, 0.05) is 22.3 Å². The smallest absolute Gasteiger partial charge is 0.305 e. The summed E-state index contributed by atoms with van der Waals surface area (Å²) in [5.41, 5.74) is 2.03. The second-order valence-electron chi connectivity index (χ2n) is 6.95. The molecule has 30 heavy (non-hydrogen) atoms. The molecule has 0 radical (unpaired) electrons. The van der Waals surface area contributed by atoms with Gasteiger partial charge in [-0.2, -0.15) is 10.1 Å². The molecule has 1 aliphatic rings. The number of hydrogen-bond acceptors (Lipinski definition) is 4. The number of halogens is 2. The van der Waals surface area contributed by atoms with E-state index >= 15 is 0 Å². The molecule has 1 heterocycles. The third kappa shape index (κ3) is 5.17. The first-order chi connectivity index (χ1) is 14.2. The SMILES string of the molecule is CC1=NN(c2ccc(C(=O)N[C@@H](CC(=O)O)Cc3ccccc3Cl)cc2Cl)C(=O)C1. The molecule has 9 heteroatoms. The minimum absolute atomic E-state index is 0.190. The zero-order valence-electron chi connectivity index (χ0n) is 16.1. The number of carbonyl (C=O) groups is 3. The quantitative estimate of drug-likeness (QED) is 0.671. The summed E-state index contributed by atoms with van der Waals surface area (Å²) in [5, 5.41) is 18.0. The molecular formula is C21H19Cl2N3O4. The molecule has 7 nitrogen and oxygen atoms in total. The third-order valence-electron chi connectivity index (χ3n) is 4.53. The summed E-state index contributed by atoms with van der Waals surface area (Å²) in [4.78, 5) is 36.0. The van der Waals surface area contributed by atoms with E-state index in [-0.39, 0.29) is 35.8 Å². The van der Waals surface area contributed by atoms with Crippen LogP contribution in [0.4, 0.5) is 5.69 Å². The summed E-state index contributed by atoms with van der Waals surface area (Å²) in [5.74, 6) is -1.72. The van der Waals surface area contributed by atoms with Crippen molar-refractivity contribution in [2.45, 2.75) is 32.2 Å². The minimum Gasteiger partial charge on any atom is -0.481 e. The highest BCUT2D eigenvalue weighted by atomic mass is 35.5. The van der Waals surface area contributed by atoms with Crippen LogP contribution in [0.25, 0.3) is 0 Å². The van der Waals surface area contributed by atoms with Gasteiger partial charge in [-0.3, -0.25) is 14.4 Å². The molecule has 0 saturated heterocycles. The maximum absolute atomic E-state index is 12.7. The van der Waals surface area contributed by atoms with Crippen LogP contribution in [-0.4, -0.2) is 34.6 Å². The average molecular weight is 448 g/mol. The van der Waals surface area contributed by atoms with Gasteiger partial charge in [0.05, 0.1) is 23.6 Å². The number of hydrazone groups is 1. The maximum Gasteiger partial charge on any atom is 0.305 e. The fraction of sp³-hybridized carbons (Fsp3) is 0.238. The molecule has 2 aromatic carbocycles. The van der Waals surface area contributed by atoms with Crippen molar-refractivity contribution in [1.82, 2.24) is 5.32 Å². The lowest BCUT2D eigenvalue weighted by molar-refractivity contribution is -0.137. The molecule has 0 aliphatic carbocycles. The van der Waals surface area contributed by atoms with Crippen LogP contribution in [0.2, 0.25) is 10.0 Å². The Kier molecular flexibility index (Phi) is 6.74. The summed E-state index contributed by atoms with van der Waals surface area (Å²) in [7, 11) is 0. The van der Waals surface area contributed by atoms with Crippen LogP contribution in [0.15, 0.2) is 47.6 Å². The van der Waals surface area contributed by atoms with Gasteiger partial charge in [-0.15, -0.1) is 0 Å². The maximum atomic E-state index is 12.7. The number of carboxylic acid groups (broad SMARTS) is 1. The molecule has 0 fully saturated rings. The van der Waals surface area contributed by atoms with Gasteiger partial charge in [-0.1, -0.05) is 41.4 Å². The Hall–Kier alpha value is -2.90. The first-order valence-corrected chi connectivity index (χ1v) is 9.93. The van der Waals surface area contributed by atoms with Crippen molar-refractivity contribution in [3.8, 4) is 0 Å². The Morgan fingerprint density at radius 1 is 1.20 bits per heavy atom. The summed E-state index contributed by atoms with van der Waals surface area (Å²) in [6.07, 6.45) is 0.219. The monoisotopic (exact) mass is 447 g/mol. The van der Waals surface area contributed by atoms with Crippen LogP contribution < -0.4 is 10.3 Å². The fourth-order valence-electron chi connectivity index (χ4n) is 3.15. The number of nitrogens with zero attached hydrogens (tertiary/aromatic N) is 2. The van der Waals surface area contributed by atoms with Gasteiger partial charge >= 0.3 is 5.97 Å². The van der Waals surface area contributed by atoms with E-state index in [2.05, 4.69) is 10.4 Å². The molecular weight excluding hydrogens is 429 g/mol. The van der Waals surface area contributed by atoms with Crippen LogP contribution >= 0.6 is 23.2 Å². The predicted molar refractivity (Wildman–Crippen MR) is 115 cm³/mol. The number of aliphatic carboxylic acids is 1. The average Bonchev–Trinajstić information content (AvgIpc) is 3.00. The van der Waals surface area contributed by atoms with Gasteiger partial charge in [-0.25, -0.2) is 0 Å². The van der Waals surface area contributed by atoms with Gasteiger partial charge in [0.25, 0.3) is 11.8 Å². The number of carboxylic acids is 1. The van der Waals surface area contributed by atoms with Gasteiger partial charge < -0.3 is 10.4 Å². The highest BCUT2D eigenvalue weighted by molar-refractivity contribution is 6.34. The first-order valence-electron chi connectivity index (χ1n) is 9.17. The number of benzene rings is 2. The van der Waals surface area contributed by atoms with E-state index in [1.54, 1.807) is 31.2 Å². The van der Waals surface area contributed by atoms with Crippen molar-refractivity contribution >= 4 is 52.4 Å². The van der Waals surface area contributed by atoms with Crippen molar-refractivity contribution in [3.63, 3.8) is 0 Å². The van der Waals surface area contributed by atoms with Crippen molar-refractivity contribution in [1.29, 1.82) is 0 Å². The van der Waals surface area contributed by atoms with Crippen LogP contribution in [-0.2, 0) is 16.0 Å². The Bertz CT molecular complexity index is 1040. The van der Waals surface area contributed by atoms with Gasteiger partial charge in [0.1, 0.15) is 0 Å². The molecule has 2 amide bonds. The van der Waals surface area contributed by atoms with E-state index in [1.165, 1.54) is 23.2 Å². The second-order valence-corrected chi connectivity index (χ2v) is 7.76. The molecule has 1 aliphatic heterocycles. The number of rotatable bonds is 7. The molecule has 0 aromatic heterocycles. The molecule has 0 spiro atoms. The lowest BCUT2D eigenvalue weighted by Crippen LogP contribution is -2.38. The Labute approximate surface area is 183 Å². The molecule has 2 aromatic rings. The van der Waals surface area contributed by atoms with E-state index in [9.17, 15) is 19.5 Å². The number of hydrogen-bond donors (Lipinski definition) is 2. The van der Waals surface area contributed by atoms with E-state index in [0.29, 0.717) is 16.4 Å². The van der Waals surface area contributed by atoms with E-state index in [0.717, 1.165) is 5.56 Å². The Balaban J connectivity index is 1.77. The lowest BCUT2D eigenvalue weighted by Gasteiger charge is -2.19. The number of nitrogens with one attached hydrogen (secondary N) is 1. The normalized spacial score (nSPS) is 14.4. The van der Waals surface area contributed by atoms with Crippen molar-refractivity contribution in [2.75, 3.05) is 5.01 Å². The highest BCUT2D eigenvalue weighted by Gasteiger charge is 2.25. The van der Waals surface area contributed by atoms with Crippen LogP contribution in [0, 0.1) is 0 Å². The zero-order chi connectivity index (χ0) is 21.8. The van der Waals surface area contributed by atoms with E-state index in [4.69, 9.17) is 23.2 Å². The molecule has 0 unspecified atom stereocenters. The lowest BCUT2D eigenvalue weighted by atomic mass is 10.0. The van der Waals surface area contributed by atoms with Crippen LogP contribution in [0.1, 0.15) is 35.7 Å². The molecule has 1 atom stereocenters. The predicted octanol–water partition coefficient (Wildman–Crippen LogP) is 3.92. The van der Waals surface area contributed by atoms with Crippen LogP contribution in [0.5, 0.6) is 0 Å². The summed E-state index contributed by atoms with van der Waals surface area (Å²) in [6.45, 7) is 1.75. The van der Waals surface area contributed by atoms with Crippen molar-refractivity contribution in [3.05, 3.63) is 63.6 Å². The molecule has 2 N–H and O–H groups in total. The number of anilines is 1. The number of amides is 2. The van der Waals surface area contributed by atoms with Crippen molar-refractivity contribution in [2.24, 2.45) is 5.10 Å². The Morgan fingerprint density at radius 2 is 1.93 bits per heavy atom. The van der Waals surface area contributed by atoms with E-state index < -0.39 is 17.9 Å². The topological polar surface area (TPSA) is 99.1 Å². The summed E-state index contributed by atoms with van der Waals surface area (Å²) >= 11 is 12.4. The molecule has 0 bridgehead atoms. The number of carbonyl (C=O) groups excluding carboxylic acids is 2. The Morgan fingerprint density at radius 3 is 2.53 bits per heavy atom. The molecule has 3 rings (SSSR count). The summed E-state index contributed by atoms with van der Waals surface area (Å²) < 4.78 is 0. The van der Waals surface area contributed by atoms with Crippen molar-refractivity contribution < 1.29 is 19.5 Å². The molecule has 156 valence electrons. The highest BCUT2D eigenvalue weighted by Crippen LogP contribution is 2.30. The minimum atomic E-state index is -1.04. The van der Waals surface area contributed by atoms with Crippen LogP contribution in [0.3, 0.4) is 0 Å². The zero-order valence-corrected chi connectivity index (χ0v) is 17.6. The standard InChI is InChI=1S/C21H19Cl2N3O4/c1-12-8-19(27)26(25-12)18-7-6-14(10-17(18)23)21(30)24-15(11-20(28)29)9-13-4-2-3-5-16(13)22/h2-7,10,15H,8-9,11H2,1H3,(H,24,30)(H,28,29)/t15-/m1/s1.